The molecular weight excluding hydrogens is 358 g/mol. The van der Waals surface area contributed by atoms with Crippen molar-refractivity contribution in [3.05, 3.63) is 64.6 Å². The number of carbonyl (C=O) groups excluding carboxylic acids is 2. The number of methoxy groups -OCH3 is 1. The van der Waals surface area contributed by atoms with E-state index in [4.69, 9.17) is 12.2 Å². The van der Waals surface area contributed by atoms with Crippen molar-refractivity contribution in [2.45, 2.75) is 0 Å². The lowest BCUT2D eigenvalue weighted by Gasteiger charge is -2.14. The van der Waals surface area contributed by atoms with Gasteiger partial charge in [0.05, 0.1) is 23.3 Å². The van der Waals surface area contributed by atoms with Crippen molar-refractivity contribution in [1.82, 2.24) is 0 Å². The molecule has 2 aromatic rings. The van der Waals surface area contributed by atoms with Gasteiger partial charge in [0.25, 0.3) is 5.91 Å². The minimum absolute atomic E-state index is 0.121. The predicted octanol–water partition coefficient (Wildman–Crippen LogP) is 3.58. The Morgan fingerprint density at radius 2 is 1.80 bits per heavy atom. The van der Waals surface area contributed by atoms with E-state index >= 15 is 0 Å². The summed E-state index contributed by atoms with van der Waals surface area (Å²) in [5, 5.41) is 9.37. The maximum atomic E-state index is 12.6. The summed E-state index contributed by atoms with van der Waals surface area (Å²) in [5.74, 6) is -0.515. The van der Waals surface area contributed by atoms with Gasteiger partial charge in [0.2, 0.25) is 0 Å². The van der Waals surface area contributed by atoms with Gasteiger partial charge in [0, 0.05) is 0 Å². The van der Waals surface area contributed by atoms with Gasteiger partial charge in [0.1, 0.15) is 5.75 Å². The van der Waals surface area contributed by atoms with Crippen LogP contribution < -0.4 is 4.90 Å². The summed E-state index contributed by atoms with van der Waals surface area (Å²) >= 11 is 6.51. The highest BCUT2D eigenvalue weighted by Crippen LogP contribution is 2.36. The fraction of sp³-hybridized carbons (Fsp3) is 0.0556. The number of ether oxygens (including phenoxy) is 1. The summed E-state index contributed by atoms with van der Waals surface area (Å²) < 4.78 is 5.08. The van der Waals surface area contributed by atoms with Crippen LogP contribution in [0.1, 0.15) is 15.9 Å². The van der Waals surface area contributed by atoms with Gasteiger partial charge in [-0.1, -0.05) is 36.1 Å². The zero-order valence-corrected chi connectivity index (χ0v) is 14.8. The number of anilines is 1. The lowest BCUT2D eigenvalue weighted by molar-refractivity contribution is -0.113. The Morgan fingerprint density at radius 1 is 1.16 bits per heavy atom. The zero-order chi connectivity index (χ0) is 18.0. The monoisotopic (exact) mass is 371 g/mol. The van der Waals surface area contributed by atoms with Gasteiger partial charge in [-0.05, 0) is 48.0 Å². The molecule has 1 heterocycles. The van der Waals surface area contributed by atoms with Gasteiger partial charge in [0.15, 0.2) is 4.32 Å². The highest BCUT2D eigenvalue weighted by Gasteiger charge is 2.33. The van der Waals surface area contributed by atoms with Crippen molar-refractivity contribution in [2.75, 3.05) is 12.0 Å². The third-order valence-corrected chi connectivity index (χ3v) is 4.83. The first-order valence-electron chi connectivity index (χ1n) is 7.25. The summed E-state index contributed by atoms with van der Waals surface area (Å²) in [4.78, 5) is 26.0. The molecule has 126 valence electrons. The first-order valence-corrected chi connectivity index (χ1v) is 8.47. The molecule has 1 amide bonds. The number of phenolic OH excluding ortho intramolecular Hbond substituents is 1. The van der Waals surface area contributed by atoms with Crippen LogP contribution in [0.2, 0.25) is 0 Å². The van der Waals surface area contributed by atoms with E-state index in [1.165, 1.54) is 35.9 Å². The molecule has 2 aromatic carbocycles. The molecular formula is C18H13NO4S2. The lowest BCUT2D eigenvalue weighted by Crippen LogP contribution is -2.27. The Bertz CT molecular complexity index is 873. The number of aromatic hydroxyl groups is 1. The second-order valence-corrected chi connectivity index (χ2v) is 6.82. The van der Waals surface area contributed by atoms with E-state index in [1.807, 2.05) is 0 Å². The van der Waals surface area contributed by atoms with Gasteiger partial charge in [-0.3, -0.25) is 9.69 Å². The van der Waals surface area contributed by atoms with Gasteiger partial charge in [-0.15, -0.1) is 0 Å². The summed E-state index contributed by atoms with van der Waals surface area (Å²) in [6.07, 6.45) is 1.72. The topological polar surface area (TPSA) is 66.8 Å². The van der Waals surface area contributed by atoms with Crippen molar-refractivity contribution in [2.24, 2.45) is 0 Å². The number of esters is 1. The zero-order valence-electron chi connectivity index (χ0n) is 13.1. The van der Waals surface area contributed by atoms with Crippen LogP contribution >= 0.6 is 24.0 Å². The van der Waals surface area contributed by atoms with Crippen LogP contribution in [0.15, 0.2) is 53.4 Å². The normalized spacial score (nSPS) is 15.7. The lowest BCUT2D eigenvalue weighted by atomic mass is 10.1. The molecule has 1 aliphatic heterocycles. The quantitative estimate of drug-likeness (QED) is 0.505. The van der Waals surface area contributed by atoms with Crippen molar-refractivity contribution in [3.8, 4) is 5.75 Å². The molecule has 7 heteroatoms. The van der Waals surface area contributed by atoms with Crippen molar-refractivity contribution < 1.29 is 19.4 Å². The van der Waals surface area contributed by atoms with E-state index in [0.29, 0.717) is 20.5 Å². The number of hydrogen-bond acceptors (Lipinski definition) is 6. The van der Waals surface area contributed by atoms with E-state index in [1.54, 1.807) is 42.5 Å². The number of rotatable bonds is 3. The number of benzene rings is 2. The van der Waals surface area contributed by atoms with Crippen LogP contribution in [0.3, 0.4) is 0 Å². The molecule has 0 radical (unpaired) electrons. The van der Waals surface area contributed by atoms with Gasteiger partial charge >= 0.3 is 5.97 Å². The number of nitrogens with zero attached hydrogens (tertiary/aromatic N) is 1. The van der Waals surface area contributed by atoms with Crippen LogP contribution in [0, 0.1) is 0 Å². The SMILES string of the molecule is COC(=O)c1ccc(/C=C2/SC(=S)N(c3ccc(O)cc3)C2=O)cc1. The van der Waals surface area contributed by atoms with Crippen LogP contribution in [-0.2, 0) is 9.53 Å². The van der Waals surface area contributed by atoms with Gasteiger partial charge < -0.3 is 9.84 Å². The van der Waals surface area contributed by atoms with Crippen LogP contribution in [0.5, 0.6) is 5.75 Å². The Labute approximate surface area is 153 Å². The fourth-order valence-corrected chi connectivity index (χ4v) is 3.58. The fourth-order valence-electron chi connectivity index (χ4n) is 2.28. The van der Waals surface area contributed by atoms with Crippen molar-refractivity contribution >= 4 is 51.9 Å². The Morgan fingerprint density at radius 3 is 2.40 bits per heavy atom. The van der Waals surface area contributed by atoms with Crippen LogP contribution in [0.25, 0.3) is 6.08 Å². The summed E-state index contributed by atoms with van der Waals surface area (Å²) in [5.41, 5.74) is 1.82. The highest BCUT2D eigenvalue weighted by atomic mass is 32.2. The first-order chi connectivity index (χ1) is 12.0. The van der Waals surface area contributed by atoms with E-state index < -0.39 is 5.97 Å². The second-order valence-electron chi connectivity index (χ2n) is 5.15. The molecule has 1 fully saturated rings. The van der Waals surface area contributed by atoms with E-state index in [2.05, 4.69) is 4.74 Å². The Kier molecular flexibility index (Phi) is 4.87. The van der Waals surface area contributed by atoms with E-state index in [9.17, 15) is 14.7 Å². The van der Waals surface area contributed by atoms with Crippen molar-refractivity contribution in [1.29, 1.82) is 0 Å². The largest absolute Gasteiger partial charge is 0.508 e. The highest BCUT2D eigenvalue weighted by molar-refractivity contribution is 8.27. The molecule has 25 heavy (non-hydrogen) atoms. The number of thiocarbonyl (C=S) groups is 1. The molecule has 0 bridgehead atoms. The number of thioether (sulfide) groups is 1. The smallest absolute Gasteiger partial charge is 0.337 e. The predicted molar refractivity (Wildman–Crippen MR) is 102 cm³/mol. The molecule has 0 aliphatic carbocycles. The third-order valence-electron chi connectivity index (χ3n) is 3.53. The molecule has 0 unspecified atom stereocenters. The minimum atomic E-state index is -0.412. The summed E-state index contributed by atoms with van der Waals surface area (Å²) in [6, 6.07) is 13.0. The Balaban J connectivity index is 1.85. The maximum Gasteiger partial charge on any atom is 0.337 e. The molecule has 0 saturated carbocycles. The summed E-state index contributed by atoms with van der Waals surface area (Å²) in [7, 11) is 1.32. The molecule has 3 rings (SSSR count). The van der Waals surface area contributed by atoms with Crippen molar-refractivity contribution in [3.63, 3.8) is 0 Å². The molecule has 0 spiro atoms. The average Bonchev–Trinajstić information content (AvgIpc) is 2.89. The molecule has 1 N–H and O–H groups in total. The number of amides is 1. The molecule has 0 atom stereocenters. The number of carbonyl (C=O) groups is 2. The molecule has 0 aromatic heterocycles. The van der Waals surface area contributed by atoms with Crippen LogP contribution in [-0.4, -0.2) is 28.4 Å². The number of phenols is 1. The first kappa shape index (κ1) is 17.2. The van der Waals surface area contributed by atoms with Gasteiger partial charge in [-0.25, -0.2) is 4.79 Å². The minimum Gasteiger partial charge on any atom is -0.508 e. The third kappa shape index (κ3) is 3.57. The van der Waals surface area contributed by atoms with Gasteiger partial charge in [-0.2, -0.15) is 0 Å². The van der Waals surface area contributed by atoms with E-state index in [-0.39, 0.29) is 11.7 Å². The Hall–Kier alpha value is -2.64. The standard InChI is InChI=1S/C18H13NO4S2/c1-23-17(22)12-4-2-11(3-5-12)10-15-16(21)19(18(24)25-15)13-6-8-14(20)9-7-13/h2-10,20H,1H3/b15-10+. The van der Waals surface area contributed by atoms with Crippen LogP contribution in [0.4, 0.5) is 5.69 Å². The number of hydrogen-bond donors (Lipinski definition) is 1. The molecule has 1 aliphatic rings. The second kappa shape index (κ2) is 7.08. The summed E-state index contributed by atoms with van der Waals surface area (Å²) in [6.45, 7) is 0. The maximum absolute atomic E-state index is 12.6. The average molecular weight is 371 g/mol. The molecule has 5 nitrogen and oxygen atoms in total. The molecule has 1 saturated heterocycles. The van der Waals surface area contributed by atoms with E-state index in [0.717, 1.165) is 5.56 Å².